The molecule has 4 nitrogen and oxygen atoms in total. The lowest BCUT2D eigenvalue weighted by Crippen LogP contribution is -2.43. The second-order valence-corrected chi connectivity index (χ2v) is 4.77. The first kappa shape index (κ1) is 12.9. The van der Waals surface area contributed by atoms with Gasteiger partial charge in [0.1, 0.15) is 6.07 Å². The first-order chi connectivity index (χ1) is 8.76. The van der Waals surface area contributed by atoms with Gasteiger partial charge in [-0.1, -0.05) is 12.1 Å². The van der Waals surface area contributed by atoms with E-state index in [9.17, 15) is 10.4 Å². The molecular weight excluding hydrogens is 226 g/mol. The first-order valence-electron chi connectivity index (χ1n) is 6.31. The highest BCUT2D eigenvalue weighted by Gasteiger charge is 2.24. The van der Waals surface area contributed by atoms with Crippen molar-refractivity contribution < 1.29 is 5.11 Å². The molecule has 2 rings (SSSR count). The van der Waals surface area contributed by atoms with Gasteiger partial charge < -0.3 is 14.9 Å². The summed E-state index contributed by atoms with van der Waals surface area (Å²) in [6.07, 6.45) is 1.05. The lowest BCUT2D eigenvalue weighted by molar-refractivity contribution is 0.229. The van der Waals surface area contributed by atoms with Gasteiger partial charge in [0.2, 0.25) is 0 Å². The van der Waals surface area contributed by atoms with Gasteiger partial charge in [0, 0.05) is 13.1 Å². The number of aliphatic hydroxyl groups is 1. The number of benzene rings is 1. The quantitative estimate of drug-likeness (QED) is 0.846. The molecule has 1 fully saturated rings. The molecular formula is C14H19N3O. The van der Waals surface area contributed by atoms with Crippen LogP contribution in [-0.2, 0) is 0 Å². The molecule has 0 aliphatic carbocycles. The summed E-state index contributed by atoms with van der Waals surface area (Å²) in [6.45, 7) is 2.86. The Morgan fingerprint density at radius 1 is 1.39 bits per heavy atom. The third kappa shape index (κ3) is 2.63. The van der Waals surface area contributed by atoms with E-state index in [1.807, 2.05) is 24.3 Å². The Labute approximate surface area is 108 Å². The Hall–Kier alpha value is -1.57. The van der Waals surface area contributed by atoms with Gasteiger partial charge in [0.05, 0.1) is 23.9 Å². The molecule has 1 saturated heterocycles. The van der Waals surface area contributed by atoms with E-state index in [1.54, 1.807) is 0 Å². The fourth-order valence-corrected chi connectivity index (χ4v) is 2.54. The van der Waals surface area contributed by atoms with Gasteiger partial charge >= 0.3 is 0 Å². The van der Waals surface area contributed by atoms with Gasteiger partial charge in [-0.15, -0.1) is 0 Å². The average molecular weight is 245 g/mol. The fourth-order valence-electron chi connectivity index (χ4n) is 2.54. The zero-order valence-corrected chi connectivity index (χ0v) is 10.7. The minimum atomic E-state index is 0.0620. The maximum absolute atomic E-state index is 9.58. The van der Waals surface area contributed by atoms with E-state index in [2.05, 4.69) is 22.9 Å². The highest BCUT2D eigenvalue weighted by Crippen LogP contribution is 2.23. The number of para-hydroxylation sites is 1. The Bertz CT molecular complexity index is 441. The summed E-state index contributed by atoms with van der Waals surface area (Å²) in [5.41, 5.74) is 1.62. The van der Waals surface area contributed by atoms with Crippen LogP contribution in [0.2, 0.25) is 0 Å². The highest BCUT2D eigenvalue weighted by atomic mass is 16.3. The molecule has 1 atom stereocenters. The van der Waals surface area contributed by atoms with Crippen LogP contribution in [0.15, 0.2) is 24.3 Å². The van der Waals surface area contributed by atoms with Crippen LogP contribution in [0.4, 0.5) is 5.69 Å². The lowest BCUT2D eigenvalue weighted by atomic mass is 10.1. The van der Waals surface area contributed by atoms with Crippen LogP contribution in [0, 0.1) is 11.3 Å². The van der Waals surface area contributed by atoms with Crippen molar-refractivity contribution in [2.75, 3.05) is 38.2 Å². The van der Waals surface area contributed by atoms with E-state index in [0.29, 0.717) is 5.56 Å². The standard InChI is InChI=1S/C14H19N3O/c1-16-7-4-8-17(13(10-16)11-18)14-6-3-2-5-12(14)9-15/h2-3,5-6,13,18H,4,7-8,10-11H2,1H3. The van der Waals surface area contributed by atoms with Crippen molar-refractivity contribution in [1.29, 1.82) is 5.26 Å². The number of nitrogens with zero attached hydrogens (tertiary/aromatic N) is 3. The van der Waals surface area contributed by atoms with Crippen LogP contribution in [0.25, 0.3) is 0 Å². The molecule has 1 unspecified atom stereocenters. The maximum Gasteiger partial charge on any atom is 0.101 e. The molecule has 0 radical (unpaired) electrons. The van der Waals surface area contributed by atoms with Crippen LogP contribution in [-0.4, -0.2) is 49.3 Å². The molecule has 0 amide bonds. The second-order valence-electron chi connectivity index (χ2n) is 4.77. The first-order valence-corrected chi connectivity index (χ1v) is 6.31. The molecule has 1 N–H and O–H groups in total. The van der Waals surface area contributed by atoms with Crippen LogP contribution >= 0.6 is 0 Å². The summed E-state index contributed by atoms with van der Waals surface area (Å²) in [7, 11) is 2.07. The number of aliphatic hydroxyl groups excluding tert-OH is 1. The van der Waals surface area contributed by atoms with Gasteiger partial charge in [0.15, 0.2) is 0 Å². The number of likely N-dealkylation sites (N-methyl/N-ethyl adjacent to an activating group) is 1. The zero-order valence-electron chi connectivity index (χ0n) is 10.7. The average Bonchev–Trinajstić information content (AvgIpc) is 2.60. The van der Waals surface area contributed by atoms with Crippen molar-refractivity contribution in [2.45, 2.75) is 12.5 Å². The van der Waals surface area contributed by atoms with E-state index in [-0.39, 0.29) is 12.6 Å². The smallest absolute Gasteiger partial charge is 0.101 e. The Kier molecular flexibility index (Phi) is 4.19. The summed E-state index contributed by atoms with van der Waals surface area (Å²) in [5, 5.41) is 18.8. The van der Waals surface area contributed by atoms with Gasteiger partial charge in [-0.3, -0.25) is 0 Å². The Balaban J connectivity index is 2.32. The van der Waals surface area contributed by atoms with Crippen LogP contribution in [0.5, 0.6) is 0 Å². The SMILES string of the molecule is CN1CCCN(c2ccccc2C#N)C(CO)C1. The molecule has 0 saturated carbocycles. The highest BCUT2D eigenvalue weighted by molar-refractivity contribution is 5.60. The van der Waals surface area contributed by atoms with Crippen LogP contribution in [0.3, 0.4) is 0 Å². The minimum Gasteiger partial charge on any atom is -0.394 e. The molecule has 0 spiro atoms. The van der Waals surface area contributed by atoms with Crippen molar-refractivity contribution in [1.82, 2.24) is 4.90 Å². The monoisotopic (exact) mass is 245 g/mol. The van der Waals surface area contributed by atoms with Gasteiger partial charge in [-0.2, -0.15) is 5.26 Å². The third-order valence-corrected chi connectivity index (χ3v) is 3.45. The van der Waals surface area contributed by atoms with Crippen molar-refractivity contribution in [3.05, 3.63) is 29.8 Å². The minimum absolute atomic E-state index is 0.0620. The Morgan fingerprint density at radius 3 is 2.89 bits per heavy atom. The number of hydrogen-bond donors (Lipinski definition) is 1. The molecule has 1 aliphatic heterocycles. The molecule has 96 valence electrons. The molecule has 0 bridgehead atoms. The van der Waals surface area contributed by atoms with Crippen molar-refractivity contribution >= 4 is 5.69 Å². The fraction of sp³-hybridized carbons (Fsp3) is 0.500. The van der Waals surface area contributed by atoms with E-state index in [1.165, 1.54) is 0 Å². The topological polar surface area (TPSA) is 50.5 Å². The van der Waals surface area contributed by atoms with E-state index in [0.717, 1.165) is 31.7 Å². The molecule has 18 heavy (non-hydrogen) atoms. The zero-order chi connectivity index (χ0) is 13.0. The Morgan fingerprint density at radius 2 is 2.17 bits per heavy atom. The maximum atomic E-state index is 9.58. The van der Waals surface area contributed by atoms with Crippen LogP contribution in [0.1, 0.15) is 12.0 Å². The van der Waals surface area contributed by atoms with Crippen LogP contribution < -0.4 is 4.90 Å². The van der Waals surface area contributed by atoms with Gasteiger partial charge in [-0.05, 0) is 32.1 Å². The molecule has 1 aromatic carbocycles. The number of rotatable bonds is 2. The van der Waals surface area contributed by atoms with Crippen molar-refractivity contribution in [2.24, 2.45) is 0 Å². The second kappa shape index (κ2) is 5.85. The largest absolute Gasteiger partial charge is 0.394 e. The van der Waals surface area contributed by atoms with Crippen molar-refractivity contribution in [3.63, 3.8) is 0 Å². The van der Waals surface area contributed by atoms with Crippen molar-refractivity contribution in [3.8, 4) is 6.07 Å². The molecule has 1 heterocycles. The number of anilines is 1. The normalized spacial score (nSPS) is 21.4. The summed E-state index contributed by atoms with van der Waals surface area (Å²) in [4.78, 5) is 4.40. The van der Waals surface area contributed by atoms with E-state index < -0.39 is 0 Å². The van der Waals surface area contributed by atoms with E-state index in [4.69, 9.17) is 0 Å². The third-order valence-electron chi connectivity index (χ3n) is 3.45. The lowest BCUT2D eigenvalue weighted by Gasteiger charge is -2.32. The number of nitriles is 1. The number of hydrogen-bond acceptors (Lipinski definition) is 4. The molecule has 4 heteroatoms. The van der Waals surface area contributed by atoms with Gasteiger partial charge in [-0.25, -0.2) is 0 Å². The predicted octanol–water partition coefficient (Wildman–Crippen LogP) is 1.06. The summed E-state index contributed by atoms with van der Waals surface area (Å²) >= 11 is 0. The summed E-state index contributed by atoms with van der Waals surface area (Å²) in [5.74, 6) is 0. The summed E-state index contributed by atoms with van der Waals surface area (Å²) < 4.78 is 0. The molecule has 0 aromatic heterocycles. The molecule has 1 aromatic rings. The van der Waals surface area contributed by atoms with E-state index >= 15 is 0 Å². The summed E-state index contributed by atoms with van der Waals surface area (Å²) in [6, 6.07) is 9.91. The molecule has 1 aliphatic rings. The van der Waals surface area contributed by atoms with Gasteiger partial charge in [0.25, 0.3) is 0 Å². The predicted molar refractivity (Wildman–Crippen MR) is 71.5 cm³/mol.